The lowest BCUT2D eigenvalue weighted by Crippen LogP contribution is -2.50. The molecule has 2 aromatic carbocycles. The standard InChI is InChI=1S/C33H42N4O3/c1-40-33(39)29(20-23-12-6-5-7-13-23)35-31-32(38)37(30-17-11-10-16-28(30)34-31)27-21-25-18-19-26(22-27)36(25)24-14-8-3-2-4-9-15-24/h5-7,10-13,16-17,24-27,29H,2-4,8-9,14-15,18-22H2,1H3,(H,34,35)/t25-,26+,27+,29?. The first-order valence-electron chi connectivity index (χ1n) is 15.3. The fraction of sp³-hybridized carbons (Fsp3) is 0.545. The van der Waals surface area contributed by atoms with E-state index in [1.54, 1.807) is 0 Å². The number of nitrogens with zero attached hydrogens (tertiary/aromatic N) is 3. The molecule has 2 saturated heterocycles. The van der Waals surface area contributed by atoms with Gasteiger partial charge in [-0.1, -0.05) is 74.6 Å². The molecular formula is C33H42N4O3. The van der Waals surface area contributed by atoms with Gasteiger partial charge in [0, 0.05) is 30.6 Å². The third kappa shape index (κ3) is 5.53. The molecule has 2 aliphatic heterocycles. The van der Waals surface area contributed by atoms with Gasteiger partial charge in [-0.15, -0.1) is 0 Å². The van der Waals surface area contributed by atoms with Crippen molar-refractivity contribution >= 4 is 22.8 Å². The summed E-state index contributed by atoms with van der Waals surface area (Å²) in [6.07, 6.45) is 14.3. The van der Waals surface area contributed by atoms with Crippen LogP contribution in [0.2, 0.25) is 0 Å². The molecule has 2 bridgehead atoms. The van der Waals surface area contributed by atoms with Gasteiger partial charge in [0.15, 0.2) is 5.82 Å². The Morgan fingerprint density at radius 3 is 2.23 bits per heavy atom. The number of benzene rings is 2. The second-order valence-corrected chi connectivity index (χ2v) is 12.0. The van der Waals surface area contributed by atoms with Crippen molar-refractivity contribution in [2.24, 2.45) is 0 Å². The number of para-hydroxylation sites is 2. The molecule has 1 saturated carbocycles. The van der Waals surface area contributed by atoms with E-state index in [9.17, 15) is 9.59 Å². The third-order valence-corrected chi connectivity index (χ3v) is 9.50. The van der Waals surface area contributed by atoms with Crippen LogP contribution in [0.25, 0.3) is 11.0 Å². The summed E-state index contributed by atoms with van der Waals surface area (Å²) in [5.74, 6) is -0.185. The molecule has 0 amide bonds. The molecule has 40 heavy (non-hydrogen) atoms. The molecule has 1 unspecified atom stereocenters. The molecule has 7 nitrogen and oxygen atoms in total. The van der Waals surface area contributed by atoms with Gasteiger partial charge in [0.05, 0.1) is 18.1 Å². The van der Waals surface area contributed by atoms with Gasteiger partial charge < -0.3 is 14.6 Å². The molecule has 4 atom stereocenters. The average Bonchev–Trinajstić information content (AvgIpc) is 3.21. The second-order valence-electron chi connectivity index (χ2n) is 12.0. The molecule has 3 aliphatic rings. The first-order chi connectivity index (χ1) is 19.6. The lowest BCUT2D eigenvalue weighted by Gasteiger charge is -2.45. The molecule has 6 rings (SSSR count). The van der Waals surface area contributed by atoms with Crippen LogP contribution in [0.3, 0.4) is 0 Å². The van der Waals surface area contributed by atoms with Crippen LogP contribution < -0.4 is 10.9 Å². The van der Waals surface area contributed by atoms with Gasteiger partial charge in [-0.2, -0.15) is 0 Å². The van der Waals surface area contributed by atoms with Crippen LogP contribution in [-0.2, 0) is 16.0 Å². The third-order valence-electron chi connectivity index (χ3n) is 9.50. The number of hydrogen-bond acceptors (Lipinski definition) is 6. The fourth-order valence-corrected chi connectivity index (χ4v) is 7.69. The van der Waals surface area contributed by atoms with Gasteiger partial charge in [-0.25, -0.2) is 9.78 Å². The zero-order valence-corrected chi connectivity index (χ0v) is 23.6. The Bertz CT molecular complexity index is 1350. The van der Waals surface area contributed by atoms with Gasteiger partial charge in [0.25, 0.3) is 5.56 Å². The highest BCUT2D eigenvalue weighted by atomic mass is 16.5. The Hall–Kier alpha value is -3.19. The molecule has 1 aliphatic carbocycles. The van der Waals surface area contributed by atoms with Crippen LogP contribution in [-0.4, -0.2) is 51.7 Å². The summed E-state index contributed by atoms with van der Waals surface area (Å²) in [4.78, 5) is 34.5. The predicted octanol–water partition coefficient (Wildman–Crippen LogP) is 5.87. The van der Waals surface area contributed by atoms with E-state index in [0.717, 1.165) is 29.4 Å². The quantitative estimate of drug-likeness (QED) is 0.376. The Balaban J connectivity index is 1.30. The van der Waals surface area contributed by atoms with Crippen LogP contribution in [0, 0.1) is 0 Å². The van der Waals surface area contributed by atoms with E-state index in [1.807, 2.05) is 59.2 Å². The molecule has 3 aromatic rings. The predicted molar refractivity (Wildman–Crippen MR) is 159 cm³/mol. The summed E-state index contributed by atoms with van der Waals surface area (Å²) in [5.41, 5.74) is 2.48. The SMILES string of the molecule is COC(=O)C(Cc1ccccc1)Nc1nc2ccccc2n([C@H]2C[C@H]3CC[C@@H](C2)N3C2CCCCCCC2)c1=O. The van der Waals surface area contributed by atoms with Crippen molar-refractivity contribution in [3.05, 3.63) is 70.5 Å². The van der Waals surface area contributed by atoms with Crippen LogP contribution >= 0.6 is 0 Å². The van der Waals surface area contributed by atoms with E-state index in [-0.39, 0.29) is 17.4 Å². The number of fused-ring (bicyclic) bond motifs is 3. The van der Waals surface area contributed by atoms with E-state index in [2.05, 4.69) is 10.2 Å². The van der Waals surface area contributed by atoms with Gasteiger partial charge in [0.2, 0.25) is 0 Å². The Labute approximate surface area is 236 Å². The lowest BCUT2D eigenvalue weighted by molar-refractivity contribution is -0.141. The van der Waals surface area contributed by atoms with Crippen molar-refractivity contribution in [3.8, 4) is 0 Å². The number of nitrogens with one attached hydrogen (secondary N) is 1. The zero-order valence-electron chi connectivity index (χ0n) is 23.6. The van der Waals surface area contributed by atoms with E-state index < -0.39 is 12.0 Å². The van der Waals surface area contributed by atoms with Gasteiger partial charge in [-0.3, -0.25) is 9.69 Å². The summed E-state index contributed by atoms with van der Waals surface area (Å²) in [6, 6.07) is 18.9. The van der Waals surface area contributed by atoms with Crippen LogP contribution in [0.1, 0.15) is 82.2 Å². The topological polar surface area (TPSA) is 76.5 Å². The van der Waals surface area contributed by atoms with Crippen LogP contribution in [0.4, 0.5) is 5.82 Å². The van der Waals surface area contributed by atoms with E-state index in [4.69, 9.17) is 9.72 Å². The number of piperidine rings is 1. The number of ether oxygens (including phenoxy) is 1. The number of rotatable bonds is 7. The minimum atomic E-state index is -0.709. The molecule has 0 radical (unpaired) electrons. The van der Waals surface area contributed by atoms with E-state index >= 15 is 0 Å². The summed E-state index contributed by atoms with van der Waals surface area (Å²) in [6.45, 7) is 0. The number of carbonyl (C=O) groups is 1. The second kappa shape index (κ2) is 12.1. The normalized spacial score (nSPS) is 24.8. The fourth-order valence-electron chi connectivity index (χ4n) is 7.69. The Kier molecular flexibility index (Phi) is 8.19. The maximum atomic E-state index is 14.2. The molecule has 212 valence electrons. The van der Waals surface area contributed by atoms with E-state index in [1.165, 1.54) is 64.9 Å². The lowest BCUT2D eigenvalue weighted by atomic mass is 9.89. The summed E-state index contributed by atoms with van der Waals surface area (Å²) in [7, 11) is 1.38. The van der Waals surface area contributed by atoms with Crippen LogP contribution in [0.5, 0.6) is 0 Å². The van der Waals surface area contributed by atoms with Gasteiger partial charge in [0.1, 0.15) is 6.04 Å². The molecule has 1 aromatic heterocycles. The van der Waals surface area contributed by atoms with Crippen molar-refractivity contribution in [1.82, 2.24) is 14.5 Å². The largest absolute Gasteiger partial charge is 0.467 e. The number of anilines is 1. The highest BCUT2D eigenvalue weighted by molar-refractivity contribution is 5.81. The Morgan fingerprint density at radius 1 is 0.875 bits per heavy atom. The number of carbonyl (C=O) groups excluding carboxylic acids is 1. The Morgan fingerprint density at radius 2 is 1.52 bits per heavy atom. The van der Waals surface area contributed by atoms with E-state index in [0.29, 0.717) is 24.5 Å². The molecular weight excluding hydrogens is 500 g/mol. The van der Waals surface area contributed by atoms with Crippen molar-refractivity contribution in [2.45, 2.75) is 107 Å². The first-order valence-corrected chi connectivity index (χ1v) is 15.3. The monoisotopic (exact) mass is 542 g/mol. The average molecular weight is 543 g/mol. The maximum absolute atomic E-state index is 14.2. The molecule has 3 fully saturated rings. The van der Waals surface area contributed by atoms with Crippen molar-refractivity contribution in [3.63, 3.8) is 0 Å². The summed E-state index contributed by atoms with van der Waals surface area (Å²) >= 11 is 0. The highest BCUT2D eigenvalue weighted by Crippen LogP contribution is 2.44. The van der Waals surface area contributed by atoms with Crippen molar-refractivity contribution in [2.75, 3.05) is 12.4 Å². The number of hydrogen-bond donors (Lipinski definition) is 1. The molecule has 7 heteroatoms. The summed E-state index contributed by atoms with van der Waals surface area (Å²) < 4.78 is 7.10. The maximum Gasteiger partial charge on any atom is 0.328 e. The van der Waals surface area contributed by atoms with Gasteiger partial charge >= 0.3 is 5.97 Å². The van der Waals surface area contributed by atoms with Crippen molar-refractivity contribution < 1.29 is 9.53 Å². The highest BCUT2D eigenvalue weighted by Gasteiger charge is 2.44. The van der Waals surface area contributed by atoms with Crippen molar-refractivity contribution in [1.29, 1.82) is 0 Å². The number of methoxy groups -OCH3 is 1. The van der Waals surface area contributed by atoms with Gasteiger partial charge in [-0.05, 0) is 56.2 Å². The number of esters is 1. The molecule has 0 spiro atoms. The zero-order chi connectivity index (χ0) is 27.5. The molecule has 1 N–H and O–H groups in total. The minimum absolute atomic E-state index is 0.119. The molecule has 3 heterocycles. The summed E-state index contributed by atoms with van der Waals surface area (Å²) in [5, 5.41) is 3.20. The first kappa shape index (κ1) is 27.0. The minimum Gasteiger partial charge on any atom is -0.467 e. The smallest absolute Gasteiger partial charge is 0.328 e. The van der Waals surface area contributed by atoms with Crippen LogP contribution in [0.15, 0.2) is 59.4 Å². The number of aromatic nitrogens is 2.